The average molecular weight is 300 g/mol. The van der Waals surface area contributed by atoms with Crippen LogP contribution in [0.5, 0.6) is 0 Å². The van der Waals surface area contributed by atoms with Crippen LogP contribution in [0.1, 0.15) is 16.3 Å². The van der Waals surface area contributed by atoms with Crippen LogP contribution in [0.3, 0.4) is 0 Å². The van der Waals surface area contributed by atoms with Gasteiger partial charge in [-0.2, -0.15) is 4.98 Å². The Morgan fingerprint density at radius 1 is 1.14 bits per heavy atom. The van der Waals surface area contributed by atoms with Crippen molar-refractivity contribution < 1.29 is 0 Å². The summed E-state index contributed by atoms with van der Waals surface area (Å²) in [6.07, 6.45) is 3.54. The Hall–Kier alpha value is -2.28. The van der Waals surface area contributed by atoms with Gasteiger partial charge in [-0.15, -0.1) is 11.3 Å². The Bertz CT molecular complexity index is 765. The van der Waals surface area contributed by atoms with Gasteiger partial charge in [0.05, 0.1) is 29.5 Å². The lowest BCUT2D eigenvalue weighted by Gasteiger charge is -2.08. The van der Waals surface area contributed by atoms with Crippen molar-refractivity contribution in [2.75, 3.05) is 17.7 Å². The van der Waals surface area contributed by atoms with Gasteiger partial charge < -0.3 is 10.6 Å². The first-order valence-electron chi connectivity index (χ1n) is 6.63. The monoisotopic (exact) mass is 300 g/mol. The van der Waals surface area contributed by atoms with E-state index in [1.165, 1.54) is 4.88 Å². The van der Waals surface area contributed by atoms with Gasteiger partial charge in [-0.05, 0) is 19.9 Å². The van der Waals surface area contributed by atoms with Crippen molar-refractivity contribution in [3.05, 3.63) is 34.7 Å². The minimum absolute atomic E-state index is 0.581. The fraction of sp³-hybridized carbons (Fsp3) is 0.286. The highest BCUT2D eigenvalue weighted by atomic mass is 32.1. The third-order valence-corrected chi connectivity index (χ3v) is 3.96. The lowest BCUT2D eigenvalue weighted by Crippen LogP contribution is -2.06. The van der Waals surface area contributed by atoms with E-state index in [0.717, 1.165) is 27.4 Å². The zero-order chi connectivity index (χ0) is 14.8. The number of rotatable bonds is 4. The second-order valence-electron chi connectivity index (χ2n) is 4.72. The van der Waals surface area contributed by atoms with Crippen LogP contribution in [0, 0.1) is 13.8 Å². The molecular formula is C14H16N6S. The molecule has 0 amide bonds. The molecule has 0 radical (unpaired) electrons. The molecular weight excluding hydrogens is 284 g/mol. The maximum Gasteiger partial charge on any atom is 0.225 e. The molecule has 0 fully saturated rings. The highest BCUT2D eigenvalue weighted by Crippen LogP contribution is 2.29. The van der Waals surface area contributed by atoms with Crippen molar-refractivity contribution in [2.24, 2.45) is 0 Å². The number of aromatic nitrogens is 4. The lowest BCUT2D eigenvalue weighted by atomic mass is 10.3. The third kappa shape index (κ3) is 2.92. The highest BCUT2D eigenvalue weighted by molar-refractivity contribution is 7.18. The molecule has 0 aromatic carbocycles. The van der Waals surface area contributed by atoms with Crippen molar-refractivity contribution in [1.82, 2.24) is 19.9 Å². The summed E-state index contributed by atoms with van der Waals surface area (Å²) in [6, 6.07) is 2.10. The summed E-state index contributed by atoms with van der Waals surface area (Å²) in [6.45, 7) is 4.57. The summed E-state index contributed by atoms with van der Waals surface area (Å²) in [5, 5.41) is 7.35. The van der Waals surface area contributed by atoms with Crippen LogP contribution >= 0.6 is 11.3 Å². The molecule has 6 nitrogen and oxygen atoms in total. The van der Waals surface area contributed by atoms with Gasteiger partial charge in [-0.1, -0.05) is 0 Å². The lowest BCUT2D eigenvalue weighted by molar-refractivity contribution is 0.977. The third-order valence-electron chi connectivity index (χ3n) is 3.01. The fourth-order valence-electron chi connectivity index (χ4n) is 1.97. The van der Waals surface area contributed by atoms with Crippen LogP contribution in [-0.2, 0) is 6.54 Å². The molecule has 108 valence electrons. The van der Waals surface area contributed by atoms with E-state index in [1.54, 1.807) is 23.7 Å². The zero-order valence-corrected chi connectivity index (χ0v) is 13.0. The molecule has 0 unspecified atom stereocenters. The Balaban J connectivity index is 1.90. The first-order valence-corrected chi connectivity index (χ1v) is 7.44. The Morgan fingerprint density at radius 2 is 2.00 bits per heavy atom. The van der Waals surface area contributed by atoms with E-state index in [-0.39, 0.29) is 0 Å². The second-order valence-corrected chi connectivity index (χ2v) is 5.96. The Labute approximate surface area is 126 Å². The van der Waals surface area contributed by atoms with E-state index in [2.05, 4.69) is 43.6 Å². The van der Waals surface area contributed by atoms with Crippen LogP contribution in [0.2, 0.25) is 0 Å². The number of fused-ring (bicyclic) bond motifs is 1. The topological polar surface area (TPSA) is 75.6 Å². The van der Waals surface area contributed by atoms with Crippen LogP contribution in [0.15, 0.2) is 18.5 Å². The summed E-state index contributed by atoms with van der Waals surface area (Å²) in [5.41, 5.74) is 1.79. The molecule has 7 heteroatoms. The van der Waals surface area contributed by atoms with Crippen molar-refractivity contribution in [2.45, 2.75) is 20.4 Å². The molecule has 0 aliphatic heterocycles. The van der Waals surface area contributed by atoms with Gasteiger partial charge in [0.2, 0.25) is 5.95 Å². The minimum Gasteiger partial charge on any atom is -0.364 e. The molecule has 3 aromatic rings. The number of hydrogen-bond donors (Lipinski definition) is 2. The van der Waals surface area contributed by atoms with Gasteiger partial charge >= 0.3 is 0 Å². The predicted octanol–water partition coefficient (Wildman–Crippen LogP) is 2.75. The van der Waals surface area contributed by atoms with Gasteiger partial charge in [0.1, 0.15) is 10.6 Å². The largest absolute Gasteiger partial charge is 0.364 e. The number of hydrogen-bond acceptors (Lipinski definition) is 7. The molecule has 0 spiro atoms. The van der Waals surface area contributed by atoms with Crippen molar-refractivity contribution in [1.29, 1.82) is 0 Å². The maximum absolute atomic E-state index is 4.49. The van der Waals surface area contributed by atoms with Crippen molar-refractivity contribution in [3.63, 3.8) is 0 Å². The number of nitrogens with zero attached hydrogens (tertiary/aromatic N) is 4. The minimum atomic E-state index is 0.581. The van der Waals surface area contributed by atoms with Crippen molar-refractivity contribution in [3.8, 4) is 0 Å². The quantitative estimate of drug-likeness (QED) is 0.771. The molecule has 0 saturated heterocycles. The van der Waals surface area contributed by atoms with Crippen molar-refractivity contribution >= 4 is 33.3 Å². The number of anilines is 2. The van der Waals surface area contributed by atoms with Crippen LogP contribution in [0.4, 0.5) is 11.8 Å². The first-order chi connectivity index (χ1) is 10.2. The molecule has 0 saturated carbocycles. The number of nitrogens with one attached hydrogen (secondary N) is 2. The van der Waals surface area contributed by atoms with E-state index < -0.39 is 0 Å². The summed E-state index contributed by atoms with van der Waals surface area (Å²) < 4.78 is 0. The fourth-order valence-corrected chi connectivity index (χ4v) is 2.85. The zero-order valence-electron chi connectivity index (χ0n) is 12.1. The normalized spacial score (nSPS) is 10.8. The van der Waals surface area contributed by atoms with Crippen LogP contribution < -0.4 is 10.6 Å². The van der Waals surface area contributed by atoms with E-state index in [4.69, 9.17) is 0 Å². The molecule has 0 aliphatic carbocycles. The average Bonchev–Trinajstić information content (AvgIpc) is 2.86. The molecule has 0 atom stereocenters. The molecule has 3 heterocycles. The maximum atomic E-state index is 4.49. The Kier molecular flexibility index (Phi) is 3.66. The van der Waals surface area contributed by atoms with E-state index in [0.29, 0.717) is 12.5 Å². The van der Waals surface area contributed by atoms with E-state index in [9.17, 15) is 0 Å². The SMILES string of the molecule is CNc1nc(NCc2cnc(C)cn2)c2cc(C)sc2n1. The standard InChI is InChI=1S/C14H16N6S/c1-8-5-17-10(6-16-8)7-18-12-11-4-9(2)21-13(11)20-14(15-3)19-12/h4-6H,7H2,1-3H3,(H2,15,18,19,20). The van der Waals surface area contributed by atoms with Gasteiger partial charge in [0, 0.05) is 18.1 Å². The Morgan fingerprint density at radius 3 is 2.71 bits per heavy atom. The van der Waals surface area contributed by atoms with Gasteiger partial charge in [0.25, 0.3) is 0 Å². The summed E-state index contributed by atoms with van der Waals surface area (Å²) in [4.78, 5) is 19.7. The van der Waals surface area contributed by atoms with E-state index in [1.807, 2.05) is 14.0 Å². The van der Waals surface area contributed by atoms with Crippen LogP contribution in [0.25, 0.3) is 10.2 Å². The molecule has 21 heavy (non-hydrogen) atoms. The smallest absolute Gasteiger partial charge is 0.225 e. The molecule has 0 bridgehead atoms. The second kappa shape index (κ2) is 5.61. The first kappa shape index (κ1) is 13.7. The number of aryl methyl sites for hydroxylation is 2. The van der Waals surface area contributed by atoms with E-state index >= 15 is 0 Å². The van der Waals surface area contributed by atoms with Crippen LogP contribution in [-0.4, -0.2) is 27.0 Å². The van der Waals surface area contributed by atoms with Gasteiger partial charge in [0.15, 0.2) is 0 Å². The molecule has 0 aliphatic rings. The summed E-state index contributed by atoms with van der Waals surface area (Å²) in [7, 11) is 1.82. The van der Waals surface area contributed by atoms with Gasteiger partial charge in [-0.25, -0.2) is 4.98 Å². The molecule has 3 rings (SSSR count). The summed E-state index contributed by atoms with van der Waals surface area (Å²) >= 11 is 1.66. The summed E-state index contributed by atoms with van der Waals surface area (Å²) in [5.74, 6) is 1.43. The van der Waals surface area contributed by atoms with Gasteiger partial charge in [-0.3, -0.25) is 9.97 Å². The number of thiophene rings is 1. The molecule has 3 aromatic heterocycles. The highest BCUT2D eigenvalue weighted by Gasteiger charge is 2.10. The molecule has 2 N–H and O–H groups in total. The predicted molar refractivity (Wildman–Crippen MR) is 85.8 cm³/mol.